The molecule has 3 rings (SSSR count). The van der Waals surface area contributed by atoms with Crippen LogP contribution in [0.15, 0.2) is 47.4 Å². The highest BCUT2D eigenvalue weighted by Crippen LogP contribution is 2.28. The Morgan fingerprint density at radius 3 is 2.67 bits per heavy atom. The highest BCUT2D eigenvalue weighted by molar-refractivity contribution is 7.89. The van der Waals surface area contributed by atoms with E-state index in [4.69, 9.17) is 5.14 Å². The molecule has 1 aromatic heterocycles. The van der Waals surface area contributed by atoms with E-state index in [1.165, 1.54) is 23.5 Å². The van der Waals surface area contributed by atoms with Gasteiger partial charge in [-0.15, -0.1) is 0 Å². The fraction of sp³-hybridized carbons (Fsp3) is 0.0667. The number of hydrogen-bond acceptors (Lipinski definition) is 5. The van der Waals surface area contributed by atoms with Gasteiger partial charge < -0.3 is 5.32 Å². The summed E-state index contributed by atoms with van der Waals surface area (Å²) in [6.45, 7) is 1.93. The molecule has 0 aliphatic heterocycles. The molecule has 2 amide bonds. The van der Waals surface area contributed by atoms with E-state index in [1.54, 1.807) is 12.1 Å². The number of amides is 2. The van der Waals surface area contributed by atoms with Crippen LogP contribution in [-0.2, 0) is 10.0 Å². The van der Waals surface area contributed by atoms with Crippen molar-refractivity contribution in [3.63, 3.8) is 0 Å². The second-order valence-electron chi connectivity index (χ2n) is 5.14. The summed E-state index contributed by atoms with van der Waals surface area (Å²) in [7, 11) is -3.77. The summed E-state index contributed by atoms with van der Waals surface area (Å²) in [6.07, 6.45) is 0. The number of nitrogens with zero attached hydrogens (tertiary/aromatic N) is 1. The van der Waals surface area contributed by atoms with Crippen LogP contribution in [0.1, 0.15) is 5.56 Å². The average Bonchev–Trinajstić information content (AvgIpc) is 2.87. The Morgan fingerprint density at radius 1 is 1.17 bits per heavy atom. The van der Waals surface area contributed by atoms with Crippen molar-refractivity contribution in [2.24, 2.45) is 5.14 Å². The van der Waals surface area contributed by atoms with Gasteiger partial charge in [0.05, 0.1) is 15.1 Å². The molecule has 0 radical (unpaired) electrons. The largest absolute Gasteiger partial charge is 0.325 e. The molecular formula is C15H14N4O3S2. The number of nitrogens with two attached hydrogens (primary N) is 1. The second-order valence-corrected chi connectivity index (χ2v) is 7.73. The van der Waals surface area contributed by atoms with Crippen molar-refractivity contribution in [2.75, 3.05) is 10.6 Å². The second kappa shape index (κ2) is 6.19. The van der Waals surface area contributed by atoms with E-state index >= 15 is 0 Å². The highest BCUT2D eigenvalue weighted by atomic mass is 32.2. The van der Waals surface area contributed by atoms with Gasteiger partial charge in [-0.05, 0) is 42.8 Å². The molecule has 0 saturated carbocycles. The van der Waals surface area contributed by atoms with Gasteiger partial charge in [-0.3, -0.25) is 5.32 Å². The number of carbonyl (C=O) groups is 1. The lowest BCUT2D eigenvalue weighted by atomic mass is 10.2. The smallest absolute Gasteiger partial charge is 0.308 e. The van der Waals surface area contributed by atoms with Crippen molar-refractivity contribution in [3.05, 3.63) is 48.0 Å². The third-order valence-corrected chi connectivity index (χ3v) is 5.03. The third-order valence-electron chi connectivity index (χ3n) is 3.18. The van der Waals surface area contributed by atoms with Gasteiger partial charge in [0.25, 0.3) is 0 Å². The molecule has 1 heterocycles. The molecule has 0 bridgehead atoms. The number of fused-ring (bicyclic) bond motifs is 1. The summed E-state index contributed by atoms with van der Waals surface area (Å²) in [5.74, 6) is 0. The number of aromatic nitrogens is 1. The maximum atomic E-state index is 12.0. The Morgan fingerprint density at radius 2 is 1.96 bits per heavy atom. The van der Waals surface area contributed by atoms with Gasteiger partial charge in [0.15, 0.2) is 5.13 Å². The normalized spacial score (nSPS) is 11.4. The van der Waals surface area contributed by atoms with Crippen molar-refractivity contribution in [1.82, 2.24) is 4.98 Å². The molecule has 0 aliphatic rings. The Hall–Kier alpha value is -2.49. The maximum Gasteiger partial charge on any atom is 0.325 e. The molecule has 0 spiro atoms. The Balaban J connectivity index is 1.79. The van der Waals surface area contributed by atoms with Gasteiger partial charge in [0, 0.05) is 5.69 Å². The van der Waals surface area contributed by atoms with Crippen LogP contribution in [0.5, 0.6) is 0 Å². The van der Waals surface area contributed by atoms with Crippen molar-refractivity contribution < 1.29 is 13.2 Å². The number of thiazole rings is 1. The minimum absolute atomic E-state index is 0.00872. The molecular weight excluding hydrogens is 348 g/mol. The topological polar surface area (TPSA) is 114 Å². The monoisotopic (exact) mass is 362 g/mol. The number of sulfonamides is 1. The summed E-state index contributed by atoms with van der Waals surface area (Å²) in [6, 6.07) is 11.3. The number of rotatable bonds is 3. The lowest BCUT2D eigenvalue weighted by molar-refractivity contribution is 0.262. The van der Waals surface area contributed by atoms with Gasteiger partial charge in [-0.25, -0.2) is 23.3 Å². The quantitative estimate of drug-likeness (QED) is 0.664. The summed E-state index contributed by atoms with van der Waals surface area (Å²) in [5.41, 5.74) is 2.28. The van der Waals surface area contributed by atoms with E-state index in [9.17, 15) is 13.2 Å². The number of hydrogen-bond donors (Lipinski definition) is 3. The first-order valence-corrected chi connectivity index (χ1v) is 9.25. The molecule has 7 nitrogen and oxygen atoms in total. The Bertz CT molecular complexity index is 1030. The molecule has 0 saturated heterocycles. The van der Waals surface area contributed by atoms with Crippen LogP contribution in [0.2, 0.25) is 0 Å². The fourth-order valence-electron chi connectivity index (χ4n) is 2.12. The zero-order valence-electron chi connectivity index (χ0n) is 12.6. The number of nitrogens with one attached hydrogen (secondary N) is 2. The standard InChI is InChI=1S/C15H14N4O3S2/c1-9-3-2-4-10(7-9)17-14(20)19-15-18-12-6-5-11(24(16,21)22)8-13(12)23-15/h2-8H,1H3,(H2,16,21,22)(H2,17,18,19,20). The maximum absolute atomic E-state index is 12.0. The van der Waals surface area contributed by atoms with E-state index in [1.807, 2.05) is 25.1 Å². The predicted molar refractivity (Wildman–Crippen MR) is 94.8 cm³/mol. The number of benzene rings is 2. The van der Waals surface area contributed by atoms with Crippen LogP contribution in [-0.4, -0.2) is 19.4 Å². The predicted octanol–water partition coefficient (Wildman–Crippen LogP) is 2.90. The molecule has 0 unspecified atom stereocenters. The lowest BCUT2D eigenvalue weighted by Gasteiger charge is -2.05. The van der Waals surface area contributed by atoms with E-state index in [0.717, 1.165) is 5.56 Å². The first-order valence-electron chi connectivity index (χ1n) is 6.89. The minimum Gasteiger partial charge on any atom is -0.308 e. The first kappa shape index (κ1) is 16.4. The number of carbonyl (C=O) groups excluding carboxylic acids is 1. The third kappa shape index (κ3) is 3.70. The van der Waals surface area contributed by atoms with E-state index < -0.39 is 16.1 Å². The lowest BCUT2D eigenvalue weighted by Crippen LogP contribution is -2.19. The summed E-state index contributed by atoms with van der Waals surface area (Å²) in [5, 5.41) is 10.8. The van der Waals surface area contributed by atoms with Gasteiger partial charge in [-0.1, -0.05) is 23.5 Å². The van der Waals surface area contributed by atoms with Crippen molar-refractivity contribution >= 4 is 48.4 Å². The van der Waals surface area contributed by atoms with Gasteiger partial charge in [0.1, 0.15) is 0 Å². The highest BCUT2D eigenvalue weighted by Gasteiger charge is 2.12. The van der Waals surface area contributed by atoms with Crippen LogP contribution in [0.3, 0.4) is 0 Å². The molecule has 124 valence electrons. The van der Waals surface area contributed by atoms with Gasteiger partial charge >= 0.3 is 6.03 Å². The number of anilines is 2. The zero-order chi connectivity index (χ0) is 17.3. The minimum atomic E-state index is -3.77. The SMILES string of the molecule is Cc1cccc(NC(=O)Nc2nc3ccc(S(N)(=O)=O)cc3s2)c1. The fourth-order valence-corrected chi connectivity index (χ4v) is 3.63. The zero-order valence-corrected chi connectivity index (χ0v) is 14.2. The van der Waals surface area contributed by atoms with E-state index in [0.29, 0.717) is 21.0 Å². The first-order chi connectivity index (χ1) is 11.3. The molecule has 4 N–H and O–H groups in total. The van der Waals surface area contributed by atoms with Crippen LogP contribution in [0.4, 0.5) is 15.6 Å². The van der Waals surface area contributed by atoms with Crippen molar-refractivity contribution in [1.29, 1.82) is 0 Å². The van der Waals surface area contributed by atoms with E-state index in [2.05, 4.69) is 15.6 Å². The van der Waals surface area contributed by atoms with Crippen molar-refractivity contribution in [2.45, 2.75) is 11.8 Å². The molecule has 24 heavy (non-hydrogen) atoms. The summed E-state index contributed by atoms with van der Waals surface area (Å²) in [4.78, 5) is 16.3. The molecule has 0 aliphatic carbocycles. The Kier molecular flexibility index (Phi) is 4.22. The summed E-state index contributed by atoms with van der Waals surface area (Å²) < 4.78 is 23.4. The number of primary sulfonamides is 1. The molecule has 0 atom stereocenters. The molecule has 2 aromatic carbocycles. The number of aryl methyl sites for hydroxylation is 1. The van der Waals surface area contributed by atoms with Gasteiger partial charge in [0.2, 0.25) is 10.0 Å². The van der Waals surface area contributed by atoms with Gasteiger partial charge in [-0.2, -0.15) is 0 Å². The molecule has 0 fully saturated rings. The van der Waals surface area contributed by atoms with Crippen LogP contribution in [0, 0.1) is 6.92 Å². The number of urea groups is 1. The van der Waals surface area contributed by atoms with Crippen LogP contribution in [0.25, 0.3) is 10.2 Å². The average molecular weight is 362 g/mol. The van der Waals surface area contributed by atoms with E-state index in [-0.39, 0.29) is 4.90 Å². The summed E-state index contributed by atoms with van der Waals surface area (Å²) >= 11 is 1.17. The molecule has 3 aromatic rings. The molecule has 9 heteroatoms. The van der Waals surface area contributed by atoms with Crippen molar-refractivity contribution in [3.8, 4) is 0 Å². The van der Waals surface area contributed by atoms with Crippen LogP contribution >= 0.6 is 11.3 Å². The van der Waals surface area contributed by atoms with Crippen LogP contribution < -0.4 is 15.8 Å². The Labute approximate surface area is 142 Å².